The lowest BCUT2D eigenvalue weighted by Crippen LogP contribution is -2.48. The molecule has 1 saturated heterocycles. The first-order valence-corrected chi connectivity index (χ1v) is 6.59. The van der Waals surface area contributed by atoms with Crippen molar-refractivity contribution in [1.82, 2.24) is 9.78 Å². The Balaban J connectivity index is 2.18. The molecule has 0 bridgehead atoms. The zero-order valence-electron chi connectivity index (χ0n) is 11.8. The Morgan fingerprint density at radius 3 is 2.89 bits per heavy atom. The van der Waals surface area contributed by atoms with Gasteiger partial charge in [0.25, 0.3) is 5.56 Å². The topological polar surface area (TPSA) is 73.4 Å². The van der Waals surface area contributed by atoms with Gasteiger partial charge in [0.15, 0.2) is 0 Å². The van der Waals surface area contributed by atoms with Gasteiger partial charge in [-0.15, -0.1) is 0 Å². The summed E-state index contributed by atoms with van der Waals surface area (Å²) >= 11 is 0. The molecule has 0 amide bonds. The number of hydrogen-bond donors (Lipinski definition) is 1. The molecular formula is C13H22N4O2. The van der Waals surface area contributed by atoms with E-state index < -0.39 is 0 Å². The Morgan fingerprint density at radius 1 is 1.58 bits per heavy atom. The van der Waals surface area contributed by atoms with Crippen molar-refractivity contribution in [3.63, 3.8) is 0 Å². The van der Waals surface area contributed by atoms with E-state index in [0.29, 0.717) is 13.2 Å². The highest BCUT2D eigenvalue weighted by Gasteiger charge is 2.27. The molecule has 1 aliphatic rings. The molecule has 6 nitrogen and oxygen atoms in total. The van der Waals surface area contributed by atoms with Crippen LogP contribution >= 0.6 is 0 Å². The van der Waals surface area contributed by atoms with Crippen molar-refractivity contribution in [2.45, 2.75) is 39.0 Å². The van der Waals surface area contributed by atoms with Gasteiger partial charge in [0.2, 0.25) is 0 Å². The summed E-state index contributed by atoms with van der Waals surface area (Å²) in [6.45, 7) is 8.58. The van der Waals surface area contributed by atoms with Crippen LogP contribution in [0, 0.1) is 0 Å². The summed E-state index contributed by atoms with van der Waals surface area (Å²) in [7, 11) is 0. The van der Waals surface area contributed by atoms with E-state index in [1.165, 1.54) is 4.68 Å². The van der Waals surface area contributed by atoms with E-state index in [2.05, 4.69) is 10.00 Å². The maximum Gasteiger partial charge on any atom is 0.268 e. The first kappa shape index (κ1) is 14.0. The van der Waals surface area contributed by atoms with Crippen LogP contribution in [0.15, 0.2) is 17.1 Å². The highest BCUT2D eigenvalue weighted by Crippen LogP contribution is 2.21. The van der Waals surface area contributed by atoms with Gasteiger partial charge in [-0.2, -0.15) is 5.10 Å². The highest BCUT2D eigenvalue weighted by molar-refractivity contribution is 5.43. The molecule has 1 aromatic rings. The number of nitrogens with zero attached hydrogens (tertiary/aromatic N) is 3. The van der Waals surface area contributed by atoms with Crippen molar-refractivity contribution < 1.29 is 4.74 Å². The minimum absolute atomic E-state index is 0.0848. The number of morpholine rings is 1. The van der Waals surface area contributed by atoms with Crippen LogP contribution < -0.4 is 16.2 Å². The average molecular weight is 266 g/mol. The molecule has 0 radical (unpaired) electrons. The van der Waals surface area contributed by atoms with Crippen molar-refractivity contribution in [2.24, 2.45) is 5.73 Å². The third kappa shape index (κ3) is 3.54. The van der Waals surface area contributed by atoms with Crippen molar-refractivity contribution in [3.05, 3.63) is 22.6 Å². The minimum Gasteiger partial charge on any atom is -0.372 e. The monoisotopic (exact) mass is 266 g/mol. The van der Waals surface area contributed by atoms with Crippen LogP contribution in [0.4, 0.5) is 5.69 Å². The van der Waals surface area contributed by atoms with Gasteiger partial charge in [-0.05, 0) is 20.8 Å². The number of rotatable bonds is 3. The molecule has 0 spiro atoms. The fourth-order valence-corrected chi connectivity index (χ4v) is 2.24. The molecule has 2 heterocycles. The smallest absolute Gasteiger partial charge is 0.268 e. The SMILES string of the molecule is C[C@@H](N)Cn1ncc(N2CCOC(C)(C)C2)cc1=O. The Bertz CT molecular complexity index is 496. The summed E-state index contributed by atoms with van der Waals surface area (Å²) in [6, 6.07) is 1.54. The van der Waals surface area contributed by atoms with Gasteiger partial charge in [0, 0.05) is 25.2 Å². The maximum atomic E-state index is 12.0. The first-order valence-electron chi connectivity index (χ1n) is 6.59. The third-order valence-corrected chi connectivity index (χ3v) is 3.11. The van der Waals surface area contributed by atoms with Crippen molar-refractivity contribution in [1.29, 1.82) is 0 Å². The van der Waals surface area contributed by atoms with E-state index in [0.717, 1.165) is 18.8 Å². The summed E-state index contributed by atoms with van der Waals surface area (Å²) in [5, 5.41) is 4.18. The lowest BCUT2D eigenvalue weighted by Gasteiger charge is -2.39. The lowest BCUT2D eigenvalue weighted by molar-refractivity contribution is -0.0277. The van der Waals surface area contributed by atoms with Crippen molar-refractivity contribution in [2.75, 3.05) is 24.6 Å². The van der Waals surface area contributed by atoms with E-state index in [1.54, 1.807) is 12.3 Å². The van der Waals surface area contributed by atoms with Gasteiger partial charge < -0.3 is 15.4 Å². The van der Waals surface area contributed by atoms with Gasteiger partial charge in [0.05, 0.1) is 30.6 Å². The molecule has 2 rings (SSSR count). The molecule has 19 heavy (non-hydrogen) atoms. The summed E-state index contributed by atoms with van der Waals surface area (Å²) < 4.78 is 7.06. The molecule has 1 atom stereocenters. The second-order valence-electron chi connectivity index (χ2n) is 5.74. The van der Waals surface area contributed by atoms with E-state index in [4.69, 9.17) is 10.5 Å². The van der Waals surface area contributed by atoms with Gasteiger partial charge in [0.1, 0.15) is 0 Å². The molecule has 106 valence electrons. The standard InChI is InChI=1S/C13H22N4O2/c1-10(14)8-17-12(18)6-11(7-15-17)16-4-5-19-13(2,3)9-16/h6-7,10H,4-5,8-9,14H2,1-3H3/t10-/m1/s1. The zero-order chi connectivity index (χ0) is 14.0. The van der Waals surface area contributed by atoms with Gasteiger partial charge in [-0.25, -0.2) is 4.68 Å². The van der Waals surface area contributed by atoms with Crippen molar-refractivity contribution >= 4 is 5.69 Å². The molecule has 0 aromatic carbocycles. The van der Waals surface area contributed by atoms with Gasteiger partial charge >= 0.3 is 0 Å². The van der Waals surface area contributed by atoms with E-state index in [1.807, 2.05) is 20.8 Å². The molecule has 2 N–H and O–H groups in total. The summed E-state index contributed by atoms with van der Waals surface area (Å²) in [5.74, 6) is 0. The fourth-order valence-electron chi connectivity index (χ4n) is 2.24. The van der Waals surface area contributed by atoms with Crippen LogP contribution in [0.1, 0.15) is 20.8 Å². The molecular weight excluding hydrogens is 244 g/mol. The summed E-state index contributed by atoms with van der Waals surface area (Å²) in [5.41, 5.74) is 6.22. The molecule has 1 aromatic heterocycles. The number of nitrogens with two attached hydrogens (primary N) is 1. The van der Waals surface area contributed by atoms with E-state index >= 15 is 0 Å². The quantitative estimate of drug-likeness (QED) is 0.846. The Hall–Kier alpha value is -1.40. The van der Waals surface area contributed by atoms with Crippen molar-refractivity contribution in [3.8, 4) is 0 Å². The number of hydrogen-bond acceptors (Lipinski definition) is 5. The largest absolute Gasteiger partial charge is 0.372 e. The molecule has 0 saturated carbocycles. The second kappa shape index (κ2) is 5.30. The molecule has 1 aliphatic heterocycles. The van der Waals surface area contributed by atoms with Gasteiger partial charge in [-0.1, -0.05) is 0 Å². The third-order valence-electron chi connectivity index (χ3n) is 3.11. The maximum absolute atomic E-state index is 12.0. The molecule has 1 fully saturated rings. The van der Waals surface area contributed by atoms with E-state index in [-0.39, 0.29) is 17.2 Å². The Labute approximate surface area is 113 Å². The van der Waals surface area contributed by atoms with Crippen LogP contribution in [-0.4, -0.2) is 41.1 Å². The number of ether oxygens (including phenoxy) is 1. The Kier molecular flexibility index (Phi) is 3.91. The predicted molar refractivity (Wildman–Crippen MR) is 74.4 cm³/mol. The predicted octanol–water partition coefficient (Wildman–Crippen LogP) is 0.206. The number of anilines is 1. The van der Waals surface area contributed by atoms with Crippen LogP contribution in [-0.2, 0) is 11.3 Å². The van der Waals surface area contributed by atoms with Gasteiger partial charge in [-0.3, -0.25) is 4.79 Å². The van der Waals surface area contributed by atoms with Crippen LogP contribution in [0.2, 0.25) is 0 Å². The van der Waals surface area contributed by atoms with E-state index in [9.17, 15) is 4.79 Å². The molecule has 6 heteroatoms. The normalized spacial score (nSPS) is 20.3. The zero-order valence-corrected chi connectivity index (χ0v) is 11.8. The second-order valence-corrected chi connectivity index (χ2v) is 5.74. The number of aromatic nitrogens is 2. The fraction of sp³-hybridized carbons (Fsp3) is 0.692. The van der Waals surface area contributed by atoms with Crippen LogP contribution in [0.3, 0.4) is 0 Å². The first-order chi connectivity index (χ1) is 8.87. The molecule has 0 aliphatic carbocycles. The highest BCUT2D eigenvalue weighted by atomic mass is 16.5. The minimum atomic E-state index is -0.196. The Morgan fingerprint density at radius 2 is 2.32 bits per heavy atom. The summed E-state index contributed by atoms with van der Waals surface area (Å²) in [4.78, 5) is 14.1. The average Bonchev–Trinajstić information content (AvgIpc) is 2.30. The summed E-state index contributed by atoms with van der Waals surface area (Å²) in [6.07, 6.45) is 1.73. The van der Waals surface area contributed by atoms with Crippen LogP contribution in [0.25, 0.3) is 0 Å². The molecule has 0 unspecified atom stereocenters. The van der Waals surface area contributed by atoms with Crippen LogP contribution in [0.5, 0.6) is 0 Å². The lowest BCUT2D eigenvalue weighted by atomic mass is 10.1.